The fraction of sp³-hybridized carbons (Fsp3) is 0.983. The predicted molar refractivity (Wildman–Crippen MR) is 291 cm³/mol. The van der Waals surface area contributed by atoms with Gasteiger partial charge >= 0.3 is 7.82 Å². The average molecular weight is 972 g/mol. The molecular formula is C58H119N2O6P. The Labute approximate surface area is 418 Å². The van der Waals surface area contributed by atoms with Gasteiger partial charge in [0.25, 0.3) is 0 Å². The van der Waals surface area contributed by atoms with Gasteiger partial charge in [0.2, 0.25) is 5.91 Å². The van der Waals surface area contributed by atoms with Crippen LogP contribution >= 0.6 is 7.82 Å². The Morgan fingerprint density at radius 1 is 0.433 bits per heavy atom. The highest BCUT2D eigenvalue weighted by atomic mass is 31.2. The molecule has 9 heteroatoms. The lowest BCUT2D eigenvalue weighted by molar-refractivity contribution is -0.123. The predicted octanol–water partition coefficient (Wildman–Crippen LogP) is 18.5. The van der Waals surface area contributed by atoms with Gasteiger partial charge in [-0.25, -0.2) is 4.57 Å². The normalized spacial score (nSPS) is 13.6. The summed E-state index contributed by atoms with van der Waals surface area (Å²) in [5.41, 5.74) is 5.41. The molecule has 5 N–H and O–H groups in total. The van der Waals surface area contributed by atoms with Crippen molar-refractivity contribution in [1.29, 1.82) is 0 Å². The van der Waals surface area contributed by atoms with E-state index in [2.05, 4.69) is 19.2 Å². The molecule has 67 heavy (non-hydrogen) atoms. The Hall–Kier alpha value is -0.500. The van der Waals surface area contributed by atoms with E-state index in [1.165, 1.54) is 270 Å². The van der Waals surface area contributed by atoms with Crippen LogP contribution in [-0.4, -0.2) is 47.8 Å². The van der Waals surface area contributed by atoms with Crippen LogP contribution in [0.15, 0.2) is 0 Å². The molecule has 0 fully saturated rings. The fourth-order valence-corrected chi connectivity index (χ4v) is 10.4. The van der Waals surface area contributed by atoms with Gasteiger partial charge in [0, 0.05) is 13.0 Å². The van der Waals surface area contributed by atoms with Crippen molar-refractivity contribution in [1.82, 2.24) is 5.32 Å². The van der Waals surface area contributed by atoms with Crippen molar-refractivity contribution in [3.63, 3.8) is 0 Å². The highest BCUT2D eigenvalue weighted by molar-refractivity contribution is 7.47. The second-order valence-corrected chi connectivity index (χ2v) is 22.4. The zero-order valence-corrected chi connectivity index (χ0v) is 46.1. The molecule has 0 rings (SSSR count). The molecule has 1 amide bonds. The lowest BCUT2D eigenvalue weighted by Crippen LogP contribution is -2.46. The Morgan fingerprint density at radius 2 is 0.687 bits per heavy atom. The first-order valence-corrected chi connectivity index (χ1v) is 31.6. The molecule has 0 saturated heterocycles. The fourth-order valence-electron chi connectivity index (χ4n) is 9.67. The third kappa shape index (κ3) is 53.1. The minimum atomic E-state index is -4.32. The SMILES string of the molecule is CCCCCCCCCCCCCCCCCCCCCCCCCCCCCCCCCCC(=O)N[C@@H](COP(=O)(O)OCCN)[C@H](O)CCCCCCCCCCCCCCCCCC. The zero-order chi connectivity index (χ0) is 48.8. The number of aliphatic hydroxyl groups is 1. The van der Waals surface area contributed by atoms with Gasteiger partial charge in [0.15, 0.2) is 0 Å². The van der Waals surface area contributed by atoms with Gasteiger partial charge < -0.3 is 21.1 Å². The van der Waals surface area contributed by atoms with Gasteiger partial charge in [-0.1, -0.05) is 316 Å². The molecule has 0 aliphatic carbocycles. The summed E-state index contributed by atoms with van der Waals surface area (Å²) in [7, 11) is -4.32. The van der Waals surface area contributed by atoms with E-state index in [9.17, 15) is 19.4 Å². The molecule has 0 aliphatic rings. The summed E-state index contributed by atoms with van der Waals surface area (Å²) in [6, 6.07) is -0.769. The quantitative estimate of drug-likeness (QED) is 0.0353. The number of nitrogens with two attached hydrogens (primary N) is 1. The third-order valence-electron chi connectivity index (χ3n) is 14.2. The molecule has 0 heterocycles. The smallest absolute Gasteiger partial charge is 0.391 e. The van der Waals surface area contributed by atoms with E-state index in [4.69, 9.17) is 14.8 Å². The summed E-state index contributed by atoms with van der Waals surface area (Å²) in [6.07, 6.45) is 64.5. The minimum absolute atomic E-state index is 0.0929. The molecule has 3 atom stereocenters. The second-order valence-electron chi connectivity index (χ2n) is 20.9. The van der Waals surface area contributed by atoms with E-state index >= 15 is 0 Å². The number of hydrogen-bond donors (Lipinski definition) is 4. The average Bonchev–Trinajstić information content (AvgIpc) is 3.32. The molecule has 8 nitrogen and oxygen atoms in total. The van der Waals surface area contributed by atoms with Gasteiger partial charge in [-0.05, 0) is 12.8 Å². The first-order chi connectivity index (χ1) is 32.9. The summed E-state index contributed by atoms with van der Waals surface area (Å²) in [6.45, 7) is 4.27. The van der Waals surface area contributed by atoms with E-state index < -0.39 is 20.0 Å². The first kappa shape index (κ1) is 66.5. The molecule has 0 radical (unpaired) electrons. The van der Waals surface area contributed by atoms with Gasteiger partial charge in [-0.3, -0.25) is 13.8 Å². The number of unbranched alkanes of at least 4 members (excludes halogenated alkanes) is 46. The molecule has 0 bridgehead atoms. The minimum Gasteiger partial charge on any atom is -0.391 e. The van der Waals surface area contributed by atoms with E-state index in [1.807, 2.05) is 0 Å². The summed E-state index contributed by atoms with van der Waals surface area (Å²) < 4.78 is 22.3. The molecule has 0 aliphatic heterocycles. The van der Waals surface area contributed by atoms with Crippen LogP contribution in [0.5, 0.6) is 0 Å². The number of carbonyl (C=O) groups is 1. The topological polar surface area (TPSA) is 131 Å². The lowest BCUT2D eigenvalue weighted by Gasteiger charge is -2.25. The van der Waals surface area contributed by atoms with Gasteiger partial charge in [-0.2, -0.15) is 0 Å². The van der Waals surface area contributed by atoms with E-state index in [1.54, 1.807) is 0 Å². The monoisotopic (exact) mass is 971 g/mol. The van der Waals surface area contributed by atoms with Crippen molar-refractivity contribution in [2.75, 3.05) is 19.8 Å². The second kappa shape index (κ2) is 54.8. The van der Waals surface area contributed by atoms with Crippen LogP contribution in [0.4, 0.5) is 0 Å². The van der Waals surface area contributed by atoms with E-state index in [0.29, 0.717) is 12.8 Å². The Balaban J connectivity index is 3.80. The third-order valence-corrected chi connectivity index (χ3v) is 15.2. The molecule has 0 aromatic heterocycles. The maximum Gasteiger partial charge on any atom is 0.472 e. The number of hydrogen-bond acceptors (Lipinski definition) is 6. The number of rotatable bonds is 58. The molecule has 0 aromatic carbocycles. The number of amides is 1. The van der Waals surface area contributed by atoms with Crippen LogP contribution in [0.2, 0.25) is 0 Å². The van der Waals surface area contributed by atoms with Crippen LogP contribution in [0.3, 0.4) is 0 Å². The van der Waals surface area contributed by atoms with Gasteiger partial charge in [-0.15, -0.1) is 0 Å². The highest BCUT2D eigenvalue weighted by Crippen LogP contribution is 2.43. The van der Waals surface area contributed by atoms with Crippen LogP contribution in [0.25, 0.3) is 0 Å². The van der Waals surface area contributed by atoms with Crippen molar-refractivity contribution in [3.8, 4) is 0 Å². The van der Waals surface area contributed by atoms with Gasteiger partial charge in [0.1, 0.15) is 0 Å². The largest absolute Gasteiger partial charge is 0.472 e. The Bertz CT molecular complexity index is 1020. The maximum atomic E-state index is 12.9. The highest BCUT2D eigenvalue weighted by Gasteiger charge is 2.27. The number of carbonyl (C=O) groups excluding carboxylic acids is 1. The van der Waals surface area contributed by atoms with Crippen molar-refractivity contribution >= 4 is 13.7 Å². The van der Waals surface area contributed by atoms with E-state index in [0.717, 1.165) is 38.5 Å². The molecule has 1 unspecified atom stereocenters. The number of phosphoric acid groups is 1. The number of phosphoric ester groups is 1. The Kier molecular flexibility index (Phi) is 54.4. The molecule has 0 saturated carbocycles. The zero-order valence-electron chi connectivity index (χ0n) is 45.2. The lowest BCUT2D eigenvalue weighted by atomic mass is 10.0. The molecule has 0 aromatic rings. The van der Waals surface area contributed by atoms with E-state index in [-0.39, 0.29) is 25.7 Å². The number of nitrogens with one attached hydrogen (secondary N) is 1. The van der Waals surface area contributed by atoms with Crippen molar-refractivity contribution in [2.24, 2.45) is 5.73 Å². The van der Waals surface area contributed by atoms with Crippen LogP contribution < -0.4 is 11.1 Å². The Morgan fingerprint density at radius 3 is 0.955 bits per heavy atom. The summed E-state index contributed by atoms with van der Waals surface area (Å²) >= 11 is 0. The van der Waals surface area contributed by atoms with Crippen LogP contribution in [0, 0.1) is 0 Å². The maximum absolute atomic E-state index is 12.9. The molecule has 402 valence electrons. The molecule has 0 spiro atoms. The molecular weight excluding hydrogens is 852 g/mol. The summed E-state index contributed by atoms with van der Waals surface area (Å²) in [5.74, 6) is -0.152. The van der Waals surface area contributed by atoms with Crippen molar-refractivity contribution in [2.45, 2.75) is 347 Å². The van der Waals surface area contributed by atoms with Gasteiger partial charge in [0.05, 0.1) is 25.4 Å². The van der Waals surface area contributed by atoms with Crippen molar-refractivity contribution < 1.29 is 28.4 Å². The number of aliphatic hydroxyl groups excluding tert-OH is 1. The summed E-state index contributed by atoms with van der Waals surface area (Å²) in [4.78, 5) is 22.9. The van der Waals surface area contributed by atoms with Crippen LogP contribution in [-0.2, 0) is 18.4 Å². The standard InChI is InChI=1S/C58H119N2O6P/c1-3-5-7-9-11-13-15-17-19-21-22-23-24-25-26-27-28-29-30-31-32-33-34-35-36-38-40-42-44-46-48-50-52-58(62)60-56(55-66-67(63,64)65-54-53-59)57(61)51-49-47-45-43-41-39-37-20-18-16-14-12-10-8-6-4-2/h56-57,61H,3-55,59H2,1-2H3,(H,60,62)(H,63,64)/t56-,57+/m0/s1. The first-order valence-electron chi connectivity index (χ1n) is 30.2. The van der Waals surface area contributed by atoms with Crippen LogP contribution in [0.1, 0.15) is 335 Å². The summed E-state index contributed by atoms with van der Waals surface area (Å²) in [5, 5.41) is 13.9. The van der Waals surface area contributed by atoms with Crippen molar-refractivity contribution in [3.05, 3.63) is 0 Å².